The number of anilines is 1. The number of hydrogen-bond acceptors (Lipinski definition) is 4. The van der Waals surface area contributed by atoms with Crippen LogP contribution in [-0.4, -0.2) is 44.7 Å². The molecule has 0 spiro atoms. The summed E-state index contributed by atoms with van der Waals surface area (Å²) < 4.78 is 24.5. The Morgan fingerprint density at radius 3 is 2.60 bits per heavy atom. The number of rotatable bonds is 5. The minimum absolute atomic E-state index is 0.0442. The third-order valence-electron chi connectivity index (χ3n) is 6.00. The van der Waals surface area contributed by atoms with Gasteiger partial charge in [0.05, 0.1) is 18.6 Å². The van der Waals surface area contributed by atoms with Gasteiger partial charge in [-0.2, -0.15) is 0 Å². The van der Waals surface area contributed by atoms with Crippen molar-refractivity contribution in [2.24, 2.45) is 0 Å². The van der Waals surface area contributed by atoms with E-state index >= 15 is 0 Å². The van der Waals surface area contributed by atoms with Crippen molar-refractivity contribution in [1.29, 1.82) is 0 Å². The molecule has 2 aliphatic heterocycles. The number of methoxy groups -OCH3 is 1. The lowest BCUT2D eigenvalue weighted by Crippen LogP contribution is -2.51. The predicted molar refractivity (Wildman–Crippen MR) is 110 cm³/mol. The highest BCUT2D eigenvalue weighted by molar-refractivity contribution is 5.97. The largest absolute Gasteiger partial charge is 0.497 e. The van der Waals surface area contributed by atoms with Gasteiger partial charge in [-0.3, -0.25) is 9.59 Å². The fourth-order valence-electron chi connectivity index (χ4n) is 4.29. The van der Waals surface area contributed by atoms with Gasteiger partial charge >= 0.3 is 0 Å². The van der Waals surface area contributed by atoms with Crippen LogP contribution < -0.4 is 15.0 Å². The van der Waals surface area contributed by atoms with E-state index in [1.165, 1.54) is 12.1 Å². The lowest BCUT2D eigenvalue weighted by molar-refractivity contribution is -0.131. The average Bonchev–Trinajstić information content (AvgIpc) is 3.14. The Labute approximate surface area is 175 Å². The maximum atomic E-state index is 13.9. The predicted octanol–water partition coefficient (Wildman–Crippen LogP) is 2.80. The van der Waals surface area contributed by atoms with Crippen molar-refractivity contribution in [2.45, 2.75) is 30.7 Å². The van der Waals surface area contributed by atoms with Crippen molar-refractivity contribution in [3.8, 4) is 5.75 Å². The van der Waals surface area contributed by atoms with Gasteiger partial charge in [0, 0.05) is 31.9 Å². The first kappa shape index (κ1) is 20.3. The van der Waals surface area contributed by atoms with Crippen LogP contribution in [0.2, 0.25) is 0 Å². The Hall–Kier alpha value is -2.93. The van der Waals surface area contributed by atoms with Crippen LogP contribution in [0.25, 0.3) is 0 Å². The van der Waals surface area contributed by atoms with E-state index in [1.807, 2.05) is 12.1 Å². The van der Waals surface area contributed by atoms with Crippen molar-refractivity contribution in [3.63, 3.8) is 0 Å². The van der Waals surface area contributed by atoms with E-state index in [4.69, 9.17) is 9.47 Å². The fourth-order valence-corrected chi connectivity index (χ4v) is 4.29. The lowest BCUT2D eigenvalue weighted by Gasteiger charge is -2.37. The second-order valence-electron chi connectivity index (χ2n) is 7.78. The van der Waals surface area contributed by atoms with Gasteiger partial charge in [0.15, 0.2) is 0 Å². The monoisotopic (exact) mass is 412 g/mol. The molecule has 4 rings (SSSR count). The van der Waals surface area contributed by atoms with Crippen LogP contribution >= 0.6 is 0 Å². The van der Waals surface area contributed by atoms with Gasteiger partial charge in [-0.05, 0) is 54.8 Å². The van der Waals surface area contributed by atoms with Crippen molar-refractivity contribution >= 4 is 17.5 Å². The average molecular weight is 412 g/mol. The molecule has 1 N–H and O–H groups in total. The zero-order chi connectivity index (χ0) is 21.1. The number of ether oxygens (including phenoxy) is 2. The molecule has 0 radical (unpaired) electrons. The van der Waals surface area contributed by atoms with Crippen LogP contribution in [0.4, 0.5) is 10.1 Å². The number of nitrogens with one attached hydrogen (secondary N) is 1. The summed E-state index contributed by atoms with van der Waals surface area (Å²) in [6, 6.07) is 13.2. The minimum atomic E-state index is -0.850. The van der Waals surface area contributed by atoms with Gasteiger partial charge in [-0.25, -0.2) is 4.39 Å². The second kappa shape index (κ2) is 8.44. The Kier molecular flexibility index (Phi) is 5.72. The van der Waals surface area contributed by atoms with E-state index in [9.17, 15) is 14.0 Å². The smallest absolute Gasteiger partial charge is 0.231 e. The molecule has 2 fully saturated rings. The third-order valence-corrected chi connectivity index (χ3v) is 6.00. The van der Waals surface area contributed by atoms with Crippen molar-refractivity contribution in [1.82, 2.24) is 5.32 Å². The summed E-state index contributed by atoms with van der Waals surface area (Å²) in [5, 5.41) is 3.06. The van der Waals surface area contributed by atoms with Crippen LogP contribution in [0.3, 0.4) is 0 Å². The van der Waals surface area contributed by atoms with Crippen LogP contribution in [0.5, 0.6) is 5.75 Å². The number of carbonyl (C=O) groups excluding carboxylic acids is 2. The summed E-state index contributed by atoms with van der Waals surface area (Å²) in [5.41, 5.74) is 0.569. The standard InChI is InChI=1S/C23H25FN2O4/c1-29-20-7-5-19(6-8-20)26-15-18(14-21(26)27)25-22(28)23(9-11-30-12-10-23)16-3-2-4-17(24)13-16/h2-8,13,18H,9-12,14-15H2,1H3,(H,25,28)/t18-/m0/s1. The van der Waals surface area contributed by atoms with E-state index in [1.54, 1.807) is 36.3 Å². The van der Waals surface area contributed by atoms with Crippen LogP contribution in [0, 0.1) is 5.82 Å². The van der Waals surface area contributed by atoms with E-state index < -0.39 is 5.41 Å². The quantitative estimate of drug-likeness (QED) is 0.820. The van der Waals surface area contributed by atoms with Gasteiger partial charge in [-0.1, -0.05) is 12.1 Å². The molecule has 158 valence electrons. The van der Waals surface area contributed by atoms with Gasteiger partial charge in [-0.15, -0.1) is 0 Å². The summed E-state index contributed by atoms with van der Waals surface area (Å²) >= 11 is 0. The maximum Gasteiger partial charge on any atom is 0.231 e. The molecule has 2 aromatic carbocycles. The van der Waals surface area contributed by atoms with Crippen molar-refractivity contribution in [2.75, 3.05) is 31.8 Å². The minimum Gasteiger partial charge on any atom is -0.497 e. The topological polar surface area (TPSA) is 67.9 Å². The summed E-state index contributed by atoms with van der Waals surface area (Å²) in [7, 11) is 1.59. The summed E-state index contributed by atoms with van der Waals surface area (Å²) in [4.78, 5) is 27.6. The summed E-state index contributed by atoms with van der Waals surface area (Å²) in [6.45, 7) is 1.27. The molecule has 0 aromatic heterocycles. The van der Waals surface area contributed by atoms with Gasteiger partial charge < -0.3 is 19.7 Å². The molecule has 7 heteroatoms. The number of amides is 2. The highest BCUT2D eigenvalue weighted by Crippen LogP contribution is 2.36. The molecule has 0 saturated carbocycles. The first-order valence-corrected chi connectivity index (χ1v) is 10.1. The van der Waals surface area contributed by atoms with Crippen molar-refractivity contribution < 1.29 is 23.5 Å². The maximum absolute atomic E-state index is 13.9. The zero-order valence-electron chi connectivity index (χ0n) is 16.9. The van der Waals surface area contributed by atoms with Crippen LogP contribution in [0.1, 0.15) is 24.8 Å². The van der Waals surface area contributed by atoms with Gasteiger partial charge in [0.25, 0.3) is 0 Å². The SMILES string of the molecule is COc1ccc(N2C[C@@H](NC(=O)C3(c4cccc(F)c4)CCOCC3)CC2=O)cc1. The van der Waals surface area contributed by atoms with Crippen LogP contribution in [-0.2, 0) is 19.7 Å². The Morgan fingerprint density at radius 1 is 1.20 bits per heavy atom. The third kappa shape index (κ3) is 3.89. The molecule has 0 bridgehead atoms. The molecule has 2 heterocycles. The Morgan fingerprint density at radius 2 is 1.93 bits per heavy atom. The van der Waals surface area contributed by atoms with E-state index in [0.717, 1.165) is 5.69 Å². The molecule has 2 aliphatic rings. The van der Waals surface area contributed by atoms with Gasteiger partial charge in [0.2, 0.25) is 11.8 Å². The van der Waals surface area contributed by atoms with Crippen molar-refractivity contribution in [3.05, 3.63) is 59.9 Å². The first-order valence-electron chi connectivity index (χ1n) is 10.1. The number of benzene rings is 2. The lowest BCUT2D eigenvalue weighted by atomic mass is 9.73. The normalized spacial score (nSPS) is 20.8. The molecule has 2 amide bonds. The highest BCUT2D eigenvalue weighted by atomic mass is 19.1. The fraction of sp³-hybridized carbons (Fsp3) is 0.391. The Balaban J connectivity index is 1.51. The zero-order valence-corrected chi connectivity index (χ0v) is 16.9. The van der Waals surface area contributed by atoms with Crippen LogP contribution in [0.15, 0.2) is 48.5 Å². The number of hydrogen-bond donors (Lipinski definition) is 1. The molecular formula is C23H25FN2O4. The molecule has 0 unspecified atom stereocenters. The van der Waals surface area contributed by atoms with E-state index in [-0.39, 0.29) is 30.1 Å². The molecule has 2 aromatic rings. The number of halogens is 1. The molecule has 30 heavy (non-hydrogen) atoms. The van der Waals surface area contributed by atoms with Gasteiger partial charge in [0.1, 0.15) is 11.6 Å². The highest BCUT2D eigenvalue weighted by Gasteiger charge is 2.44. The molecular weight excluding hydrogens is 387 g/mol. The number of nitrogens with zero attached hydrogens (tertiary/aromatic N) is 1. The van der Waals surface area contributed by atoms with E-state index in [0.29, 0.717) is 43.9 Å². The molecule has 6 nitrogen and oxygen atoms in total. The summed E-state index contributed by atoms with van der Waals surface area (Å²) in [5.74, 6) is 0.128. The second-order valence-corrected chi connectivity index (χ2v) is 7.78. The first-order chi connectivity index (χ1) is 14.5. The molecule has 1 atom stereocenters. The Bertz CT molecular complexity index is 925. The summed E-state index contributed by atoms with van der Waals surface area (Å²) in [6.07, 6.45) is 1.18. The number of carbonyl (C=O) groups is 2. The molecule has 2 saturated heterocycles. The van der Waals surface area contributed by atoms with E-state index in [2.05, 4.69) is 5.32 Å². The molecule has 0 aliphatic carbocycles.